The Morgan fingerprint density at radius 1 is 0.742 bits per heavy atom. The van der Waals surface area contributed by atoms with E-state index in [-0.39, 0.29) is 13.0 Å². The first-order chi connectivity index (χ1) is 15.1. The van der Waals surface area contributed by atoms with Gasteiger partial charge in [-0.3, -0.25) is 0 Å². The van der Waals surface area contributed by atoms with Crippen LogP contribution in [0.15, 0.2) is 84.9 Å². The standard InChI is InChI=1S/C26H26F2O3/c27-26(28)17-7-12-24(30-19-21-10-5-2-6-11-21)25(26)31-23-15-13-22(14-16-23)29-18-20-8-3-1-4-9-20/h1-6,8-11,13-16,24-25H,7,12,17-19H2/t24?,25-/m1/s1. The summed E-state index contributed by atoms with van der Waals surface area (Å²) in [6, 6.07) is 26.2. The summed E-state index contributed by atoms with van der Waals surface area (Å²) in [6.45, 7) is 0.727. The molecule has 3 nitrogen and oxygen atoms in total. The average molecular weight is 424 g/mol. The summed E-state index contributed by atoms with van der Waals surface area (Å²) >= 11 is 0. The zero-order valence-corrected chi connectivity index (χ0v) is 17.3. The predicted molar refractivity (Wildman–Crippen MR) is 115 cm³/mol. The minimum atomic E-state index is -2.94. The highest BCUT2D eigenvalue weighted by Crippen LogP contribution is 2.38. The van der Waals surface area contributed by atoms with Crippen LogP contribution in [0.5, 0.6) is 11.5 Å². The maximum atomic E-state index is 14.7. The third kappa shape index (κ3) is 5.82. The fourth-order valence-corrected chi connectivity index (χ4v) is 3.72. The van der Waals surface area contributed by atoms with Crippen LogP contribution in [-0.2, 0) is 18.0 Å². The number of benzene rings is 3. The zero-order valence-electron chi connectivity index (χ0n) is 17.3. The number of hydrogen-bond acceptors (Lipinski definition) is 3. The number of rotatable bonds is 8. The Morgan fingerprint density at radius 3 is 1.97 bits per heavy atom. The Hall–Kier alpha value is -2.92. The summed E-state index contributed by atoms with van der Waals surface area (Å²) in [6.07, 6.45) is -1.22. The van der Waals surface area contributed by atoms with Crippen LogP contribution in [0.4, 0.5) is 8.78 Å². The molecular weight excluding hydrogens is 398 g/mol. The van der Waals surface area contributed by atoms with Gasteiger partial charge in [0.15, 0.2) is 6.10 Å². The van der Waals surface area contributed by atoms with Gasteiger partial charge in [-0.15, -0.1) is 0 Å². The highest BCUT2D eigenvalue weighted by Gasteiger charge is 2.49. The Labute approximate surface area is 181 Å². The molecule has 0 heterocycles. The van der Waals surface area contributed by atoms with Crippen molar-refractivity contribution in [3.8, 4) is 11.5 Å². The molecule has 31 heavy (non-hydrogen) atoms. The Kier molecular flexibility index (Phi) is 6.82. The van der Waals surface area contributed by atoms with E-state index < -0.39 is 18.1 Å². The molecule has 162 valence electrons. The molecule has 3 aromatic carbocycles. The summed E-state index contributed by atoms with van der Waals surface area (Å²) in [5.74, 6) is -1.90. The van der Waals surface area contributed by atoms with Crippen LogP contribution in [0.1, 0.15) is 30.4 Å². The molecule has 0 aliphatic heterocycles. The van der Waals surface area contributed by atoms with Crippen molar-refractivity contribution in [1.82, 2.24) is 0 Å². The van der Waals surface area contributed by atoms with Crippen LogP contribution in [-0.4, -0.2) is 18.1 Å². The fourth-order valence-electron chi connectivity index (χ4n) is 3.72. The molecule has 5 heteroatoms. The number of hydrogen-bond donors (Lipinski definition) is 0. The molecule has 0 N–H and O–H groups in total. The molecule has 4 rings (SSSR count). The molecule has 2 atom stereocenters. The second-order valence-corrected chi connectivity index (χ2v) is 7.77. The van der Waals surface area contributed by atoms with E-state index in [2.05, 4.69) is 0 Å². The van der Waals surface area contributed by atoms with Gasteiger partial charge in [0.2, 0.25) is 0 Å². The largest absolute Gasteiger partial charge is 0.489 e. The quantitative estimate of drug-likeness (QED) is 0.418. The van der Waals surface area contributed by atoms with Gasteiger partial charge in [0.1, 0.15) is 24.2 Å². The highest BCUT2D eigenvalue weighted by atomic mass is 19.3. The van der Waals surface area contributed by atoms with E-state index in [0.717, 1.165) is 11.1 Å². The first kappa shape index (κ1) is 21.3. The van der Waals surface area contributed by atoms with E-state index in [9.17, 15) is 8.78 Å². The van der Waals surface area contributed by atoms with Crippen molar-refractivity contribution in [2.45, 2.75) is 50.6 Å². The first-order valence-electron chi connectivity index (χ1n) is 10.6. The van der Waals surface area contributed by atoms with Gasteiger partial charge in [-0.05, 0) is 48.2 Å². The van der Waals surface area contributed by atoms with Crippen molar-refractivity contribution < 1.29 is 23.0 Å². The van der Waals surface area contributed by atoms with Crippen LogP contribution in [0.25, 0.3) is 0 Å². The molecule has 0 spiro atoms. The van der Waals surface area contributed by atoms with E-state index in [1.54, 1.807) is 24.3 Å². The average Bonchev–Trinajstić information content (AvgIpc) is 2.80. The lowest BCUT2D eigenvalue weighted by Crippen LogP contribution is -2.51. The van der Waals surface area contributed by atoms with E-state index in [1.807, 2.05) is 60.7 Å². The van der Waals surface area contributed by atoms with Crippen LogP contribution in [0.3, 0.4) is 0 Å². The second kappa shape index (κ2) is 9.92. The maximum absolute atomic E-state index is 14.7. The topological polar surface area (TPSA) is 27.7 Å². The predicted octanol–water partition coefficient (Wildman–Crippen LogP) is 6.42. The van der Waals surface area contributed by atoms with Crippen LogP contribution in [0, 0.1) is 0 Å². The molecule has 0 radical (unpaired) electrons. The summed E-state index contributed by atoms with van der Waals surface area (Å²) < 4.78 is 46.8. The SMILES string of the molecule is FC1(F)CCCC(OCc2ccccc2)[C@H]1Oc1ccc(OCc2ccccc2)cc1. The summed E-state index contributed by atoms with van der Waals surface area (Å²) in [4.78, 5) is 0. The smallest absolute Gasteiger partial charge is 0.286 e. The van der Waals surface area contributed by atoms with Gasteiger partial charge in [-0.25, -0.2) is 8.78 Å². The van der Waals surface area contributed by atoms with Gasteiger partial charge in [0.25, 0.3) is 5.92 Å². The molecule has 1 aliphatic rings. The number of ether oxygens (including phenoxy) is 3. The molecular formula is C26H26F2O3. The zero-order chi connectivity index (χ0) is 21.5. The Balaban J connectivity index is 1.38. The summed E-state index contributed by atoms with van der Waals surface area (Å²) in [5.41, 5.74) is 2.01. The van der Waals surface area contributed by atoms with Gasteiger partial charge < -0.3 is 14.2 Å². The van der Waals surface area contributed by atoms with Gasteiger partial charge in [-0.2, -0.15) is 0 Å². The van der Waals surface area contributed by atoms with Crippen molar-refractivity contribution in [2.24, 2.45) is 0 Å². The van der Waals surface area contributed by atoms with Crippen LogP contribution >= 0.6 is 0 Å². The molecule has 1 aliphatic carbocycles. The molecule has 1 saturated carbocycles. The first-order valence-corrected chi connectivity index (χ1v) is 10.6. The van der Waals surface area contributed by atoms with E-state index in [4.69, 9.17) is 14.2 Å². The highest BCUT2D eigenvalue weighted by molar-refractivity contribution is 5.32. The van der Waals surface area contributed by atoms with E-state index in [1.165, 1.54) is 0 Å². The van der Waals surface area contributed by atoms with Crippen molar-refractivity contribution >= 4 is 0 Å². The van der Waals surface area contributed by atoms with Crippen molar-refractivity contribution in [3.63, 3.8) is 0 Å². The van der Waals surface area contributed by atoms with Crippen molar-refractivity contribution in [2.75, 3.05) is 0 Å². The number of alkyl halides is 2. The molecule has 0 bridgehead atoms. The molecule has 0 saturated heterocycles. The normalized spacial score (nSPS) is 20.2. The van der Waals surface area contributed by atoms with Gasteiger partial charge in [-0.1, -0.05) is 60.7 Å². The van der Waals surface area contributed by atoms with Gasteiger partial charge in [0, 0.05) is 6.42 Å². The Morgan fingerprint density at radius 2 is 1.32 bits per heavy atom. The monoisotopic (exact) mass is 424 g/mol. The fraction of sp³-hybridized carbons (Fsp3) is 0.308. The summed E-state index contributed by atoms with van der Waals surface area (Å²) in [5, 5.41) is 0. The molecule has 3 aromatic rings. The second-order valence-electron chi connectivity index (χ2n) is 7.77. The molecule has 0 aromatic heterocycles. The van der Waals surface area contributed by atoms with E-state index in [0.29, 0.717) is 30.9 Å². The lowest BCUT2D eigenvalue weighted by molar-refractivity contribution is -0.181. The van der Waals surface area contributed by atoms with Gasteiger partial charge in [0.05, 0.1) is 6.61 Å². The lowest BCUT2D eigenvalue weighted by atomic mass is 9.90. The third-order valence-electron chi connectivity index (χ3n) is 5.39. The van der Waals surface area contributed by atoms with Gasteiger partial charge >= 0.3 is 0 Å². The molecule has 1 unspecified atom stereocenters. The van der Waals surface area contributed by atoms with E-state index >= 15 is 0 Å². The minimum absolute atomic E-state index is 0.193. The van der Waals surface area contributed by atoms with Crippen molar-refractivity contribution in [1.29, 1.82) is 0 Å². The number of halogens is 2. The van der Waals surface area contributed by atoms with Crippen LogP contribution < -0.4 is 9.47 Å². The Bertz CT molecular complexity index is 930. The lowest BCUT2D eigenvalue weighted by Gasteiger charge is -2.37. The third-order valence-corrected chi connectivity index (χ3v) is 5.39. The molecule has 0 amide bonds. The summed E-state index contributed by atoms with van der Waals surface area (Å²) in [7, 11) is 0. The maximum Gasteiger partial charge on any atom is 0.286 e. The van der Waals surface area contributed by atoms with Crippen molar-refractivity contribution in [3.05, 3.63) is 96.1 Å². The van der Waals surface area contributed by atoms with Crippen LogP contribution in [0.2, 0.25) is 0 Å². The minimum Gasteiger partial charge on any atom is -0.489 e. The molecule has 1 fully saturated rings.